The Kier molecular flexibility index (Phi) is 1.83. The monoisotopic (exact) mass is 233 g/mol. The highest BCUT2D eigenvalue weighted by molar-refractivity contribution is 5.97. The quantitative estimate of drug-likeness (QED) is 0.517. The van der Waals surface area contributed by atoms with Gasteiger partial charge in [-0.05, 0) is 23.8 Å². The van der Waals surface area contributed by atoms with Crippen molar-refractivity contribution in [2.24, 2.45) is 0 Å². The van der Waals surface area contributed by atoms with Crippen LogP contribution in [0, 0.1) is 0 Å². The molecule has 0 saturated carbocycles. The number of para-hydroxylation sites is 1. The average Bonchev–Trinajstić information content (AvgIpc) is 3.04. The second-order valence-corrected chi connectivity index (χ2v) is 4.42. The summed E-state index contributed by atoms with van der Waals surface area (Å²) in [4.78, 5) is 3.31. The summed E-state index contributed by atoms with van der Waals surface area (Å²) in [6.07, 6.45) is 3.92. The molecular formula is C15H11N3. The van der Waals surface area contributed by atoms with Gasteiger partial charge in [0.15, 0.2) is 0 Å². The highest BCUT2D eigenvalue weighted by atomic mass is 15.1. The Hall–Kier alpha value is -2.55. The van der Waals surface area contributed by atoms with Crippen LogP contribution in [0.1, 0.15) is 0 Å². The van der Waals surface area contributed by atoms with E-state index in [0.717, 1.165) is 10.9 Å². The van der Waals surface area contributed by atoms with Crippen molar-refractivity contribution in [3.05, 3.63) is 54.9 Å². The molecule has 2 heterocycles. The molecule has 2 aromatic heterocycles. The summed E-state index contributed by atoms with van der Waals surface area (Å²) in [5.41, 5.74) is 4.67. The largest absolute Gasteiger partial charge is 0.361 e. The van der Waals surface area contributed by atoms with Gasteiger partial charge < -0.3 is 4.98 Å². The van der Waals surface area contributed by atoms with Gasteiger partial charge in [0.1, 0.15) is 0 Å². The van der Waals surface area contributed by atoms with E-state index in [1.165, 1.54) is 22.0 Å². The number of hydrogen-bond acceptors (Lipinski definition) is 1. The van der Waals surface area contributed by atoms with E-state index < -0.39 is 0 Å². The molecule has 0 amide bonds. The molecule has 86 valence electrons. The molecule has 0 saturated heterocycles. The lowest BCUT2D eigenvalue weighted by atomic mass is 10.0. The van der Waals surface area contributed by atoms with E-state index in [4.69, 9.17) is 0 Å². The minimum absolute atomic E-state index is 1.07. The average molecular weight is 233 g/mol. The van der Waals surface area contributed by atoms with E-state index in [0.29, 0.717) is 0 Å². The van der Waals surface area contributed by atoms with E-state index in [1.807, 2.05) is 12.3 Å². The van der Waals surface area contributed by atoms with Crippen LogP contribution in [0.15, 0.2) is 54.9 Å². The number of benzene rings is 2. The standard InChI is InChI=1S/C15H11N3/c1-2-4-15-12(3-1)13(9-16-15)10-5-6-14-11(7-10)8-17-18-14/h1-9,16H,(H,17,18). The minimum atomic E-state index is 1.07. The Labute approximate surface area is 103 Å². The van der Waals surface area contributed by atoms with Crippen LogP contribution >= 0.6 is 0 Å². The predicted molar refractivity (Wildman–Crippen MR) is 73.4 cm³/mol. The third kappa shape index (κ3) is 1.27. The van der Waals surface area contributed by atoms with Crippen LogP contribution in [0.2, 0.25) is 0 Å². The first-order chi connectivity index (χ1) is 8.92. The fourth-order valence-electron chi connectivity index (χ4n) is 2.42. The maximum atomic E-state index is 4.05. The Morgan fingerprint density at radius 2 is 1.89 bits per heavy atom. The van der Waals surface area contributed by atoms with E-state index in [-0.39, 0.29) is 0 Å². The van der Waals surface area contributed by atoms with Crippen LogP contribution in [0.5, 0.6) is 0 Å². The zero-order valence-corrected chi connectivity index (χ0v) is 9.64. The Bertz CT molecular complexity index is 839. The van der Waals surface area contributed by atoms with Gasteiger partial charge in [0.05, 0.1) is 11.7 Å². The number of nitrogens with one attached hydrogen (secondary N) is 2. The Balaban J connectivity index is 2.00. The molecular weight excluding hydrogens is 222 g/mol. The van der Waals surface area contributed by atoms with Gasteiger partial charge in [0.25, 0.3) is 0 Å². The number of nitrogens with zero attached hydrogens (tertiary/aromatic N) is 1. The molecule has 0 unspecified atom stereocenters. The Morgan fingerprint density at radius 3 is 2.89 bits per heavy atom. The van der Waals surface area contributed by atoms with Crippen LogP contribution in [-0.2, 0) is 0 Å². The fourth-order valence-corrected chi connectivity index (χ4v) is 2.42. The molecule has 0 atom stereocenters. The summed E-state index contributed by atoms with van der Waals surface area (Å²) < 4.78 is 0. The maximum Gasteiger partial charge on any atom is 0.0650 e. The van der Waals surface area contributed by atoms with Gasteiger partial charge in [-0.15, -0.1) is 0 Å². The van der Waals surface area contributed by atoms with Crippen molar-refractivity contribution in [1.29, 1.82) is 0 Å². The summed E-state index contributed by atoms with van der Waals surface area (Å²) in [5, 5.41) is 9.41. The first-order valence-electron chi connectivity index (χ1n) is 5.91. The predicted octanol–water partition coefficient (Wildman–Crippen LogP) is 3.71. The second-order valence-electron chi connectivity index (χ2n) is 4.42. The number of H-pyrrole nitrogens is 2. The van der Waals surface area contributed by atoms with Gasteiger partial charge in [-0.3, -0.25) is 5.10 Å². The molecule has 18 heavy (non-hydrogen) atoms. The third-order valence-electron chi connectivity index (χ3n) is 3.34. The second kappa shape index (κ2) is 3.47. The zero-order valence-electron chi connectivity index (χ0n) is 9.64. The lowest BCUT2D eigenvalue weighted by molar-refractivity contribution is 1.12. The van der Waals surface area contributed by atoms with Gasteiger partial charge in [-0.1, -0.05) is 24.3 Å². The lowest BCUT2D eigenvalue weighted by Gasteiger charge is -1.99. The van der Waals surface area contributed by atoms with Crippen molar-refractivity contribution in [3.8, 4) is 11.1 Å². The van der Waals surface area contributed by atoms with E-state index in [2.05, 4.69) is 57.8 Å². The molecule has 4 rings (SSSR count). The number of fused-ring (bicyclic) bond motifs is 2. The molecule has 0 aliphatic carbocycles. The molecule has 0 bridgehead atoms. The Morgan fingerprint density at radius 1 is 0.944 bits per heavy atom. The minimum Gasteiger partial charge on any atom is -0.361 e. The van der Waals surface area contributed by atoms with Crippen LogP contribution in [0.3, 0.4) is 0 Å². The number of aromatic nitrogens is 3. The van der Waals surface area contributed by atoms with Crippen molar-refractivity contribution >= 4 is 21.8 Å². The highest BCUT2D eigenvalue weighted by Gasteiger charge is 2.06. The normalized spacial score (nSPS) is 11.3. The van der Waals surface area contributed by atoms with Crippen molar-refractivity contribution in [2.45, 2.75) is 0 Å². The van der Waals surface area contributed by atoms with Gasteiger partial charge in [-0.25, -0.2) is 0 Å². The van der Waals surface area contributed by atoms with Gasteiger partial charge in [0, 0.05) is 28.0 Å². The van der Waals surface area contributed by atoms with Crippen molar-refractivity contribution in [3.63, 3.8) is 0 Å². The third-order valence-corrected chi connectivity index (χ3v) is 3.34. The highest BCUT2D eigenvalue weighted by Crippen LogP contribution is 2.30. The fraction of sp³-hybridized carbons (Fsp3) is 0. The molecule has 2 aromatic carbocycles. The molecule has 0 aliphatic rings. The topological polar surface area (TPSA) is 44.5 Å². The summed E-state index contributed by atoms with van der Waals surface area (Å²) in [6.45, 7) is 0. The summed E-state index contributed by atoms with van der Waals surface area (Å²) in [5.74, 6) is 0. The molecule has 3 nitrogen and oxygen atoms in total. The van der Waals surface area contributed by atoms with Gasteiger partial charge >= 0.3 is 0 Å². The molecule has 4 aromatic rings. The van der Waals surface area contributed by atoms with Crippen LogP contribution < -0.4 is 0 Å². The maximum absolute atomic E-state index is 4.05. The molecule has 3 heteroatoms. The van der Waals surface area contributed by atoms with E-state index in [9.17, 15) is 0 Å². The van der Waals surface area contributed by atoms with E-state index in [1.54, 1.807) is 0 Å². The van der Waals surface area contributed by atoms with Crippen LogP contribution in [0.4, 0.5) is 0 Å². The summed E-state index contributed by atoms with van der Waals surface area (Å²) in [6, 6.07) is 14.7. The van der Waals surface area contributed by atoms with Crippen LogP contribution in [0.25, 0.3) is 32.9 Å². The number of rotatable bonds is 1. The van der Waals surface area contributed by atoms with Gasteiger partial charge in [-0.2, -0.15) is 5.10 Å². The number of aromatic amines is 2. The molecule has 0 aliphatic heterocycles. The lowest BCUT2D eigenvalue weighted by Crippen LogP contribution is -1.75. The summed E-state index contributed by atoms with van der Waals surface area (Å²) >= 11 is 0. The van der Waals surface area contributed by atoms with E-state index >= 15 is 0 Å². The van der Waals surface area contributed by atoms with Crippen molar-refractivity contribution < 1.29 is 0 Å². The van der Waals surface area contributed by atoms with Crippen LogP contribution in [-0.4, -0.2) is 15.2 Å². The van der Waals surface area contributed by atoms with Gasteiger partial charge in [0.2, 0.25) is 0 Å². The molecule has 0 fully saturated rings. The first kappa shape index (κ1) is 9.48. The first-order valence-corrected chi connectivity index (χ1v) is 5.91. The molecule has 0 radical (unpaired) electrons. The molecule has 0 spiro atoms. The smallest absolute Gasteiger partial charge is 0.0650 e. The summed E-state index contributed by atoms with van der Waals surface area (Å²) in [7, 11) is 0. The van der Waals surface area contributed by atoms with Crippen molar-refractivity contribution in [2.75, 3.05) is 0 Å². The van der Waals surface area contributed by atoms with Crippen molar-refractivity contribution in [1.82, 2.24) is 15.2 Å². The SMILES string of the molecule is c1ccc2c(-c3ccc4[nH]ncc4c3)c[nH]c2c1. The number of hydrogen-bond donors (Lipinski definition) is 2. The zero-order chi connectivity index (χ0) is 11.9. The molecule has 2 N–H and O–H groups in total.